The Kier molecular flexibility index (Phi) is 4.20. The summed E-state index contributed by atoms with van der Waals surface area (Å²) >= 11 is 4.98. The van der Waals surface area contributed by atoms with Crippen molar-refractivity contribution in [1.82, 2.24) is 5.32 Å². The topological polar surface area (TPSA) is 47.8 Å². The van der Waals surface area contributed by atoms with Crippen LogP contribution in [0.4, 0.5) is 10.1 Å². The summed E-state index contributed by atoms with van der Waals surface area (Å²) in [6.45, 7) is 3.87. The molecule has 0 saturated carbocycles. The second-order valence-electron chi connectivity index (χ2n) is 3.56. The number of nitrogens with zero attached hydrogens (tertiary/aromatic N) is 1. The van der Waals surface area contributed by atoms with E-state index in [0.717, 1.165) is 0 Å². The van der Waals surface area contributed by atoms with Crippen molar-refractivity contribution in [3.8, 4) is 6.07 Å². The number of thiocarbonyl (C=S) groups is 1. The van der Waals surface area contributed by atoms with E-state index < -0.39 is 5.82 Å². The highest BCUT2D eigenvalue weighted by Crippen LogP contribution is 2.15. The predicted octanol–water partition coefficient (Wildman–Crippen LogP) is 2.39. The average Bonchev–Trinajstić information content (AvgIpc) is 2.19. The molecule has 0 unspecified atom stereocenters. The predicted molar refractivity (Wildman–Crippen MR) is 65.6 cm³/mol. The zero-order chi connectivity index (χ0) is 12.1. The van der Waals surface area contributed by atoms with E-state index in [2.05, 4.69) is 10.6 Å². The van der Waals surface area contributed by atoms with Gasteiger partial charge in [0.1, 0.15) is 5.82 Å². The molecule has 0 aliphatic carbocycles. The molecule has 5 heteroatoms. The molecule has 0 saturated heterocycles. The first-order chi connectivity index (χ1) is 7.52. The maximum atomic E-state index is 13.4. The Labute approximate surface area is 99.3 Å². The summed E-state index contributed by atoms with van der Waals surface area (Å²) in [5.41, 5.74) is 0.544. The third kappa shape index (κ3) is 3.48. The molecule has 16 heavy (non-hydrogen) atoms. The molecule has 3 nitrogen and oxygen atoms in total. The van der Waals surface area contributed by atoms with Gasteiger partial charge in [-0.05, 0) is 44.3 Å². The van der Waals surface area contributed by atoms with Crippen molar-refractivity contribution in [2.24, 2.45) is 0 Å². The second kappa shape index (κ2) is 5.42. The highest BCUT2D eigenvalue weighted by atomic mass is 32.1. The van der Waals surface area contributed by atoms with Crippen molar-refractivity contribution in [3.05, 3.63) is 29.6 Å². The lowest BCUT2D eigenvalue weighted by atomic mass is 10.2. The maximum absolute atomic E-state index is 13.4. The molecule has 0 amide bonds. The van der Waals surface area contributed by atoms with Gasteiger partial charge in [-0.15, -0.1) is 0 Å². The number of hydrogen-bond donors (Lipinski definition) is 2. The molecular formula is C11H12FN3S. The largest absolute Gasteiger partial charge is 0.360 e. The lowest BCUT2D eigenvalue weighted by molar-refractivity contribution is 0.631. The summed E-state index contributed by atoms with van der Waals surface area (Å²) in [7, 11) is 0. The number of nitrogens with one attached hydrogen (secondary N) is 2. The first-order valence-corrected chi connectivity index (χ1v) is 5.21. The monoisotopic (exact) mass is 237 g/mol. The Morgan fingerprint density at radius 3 is 2.69 bits per heavy atom. The van der Waals surface area contributed by atoms with E-state index in [1.165, 1.54) is 18.2 Å². The van der Waals surface area contributed by atoms with E-state index >= 15 is 0 Å². The number of anilines is 1. The summed E-state index contributed by atoms with van der Waals surface area (Å²) in [6, 6.07) is 6.23. The van der Waals surface area contributed by atoms with Crippen molar-refractivity contribution in [3.63, 3.8) is 0 Å². The van der Waals surface area contributed by atoms with Gasteiger partial charge in [0.2, 0.25) is 0 Å². The number of nitriles is 1. The van der Waals surface area contributed by atoms with Crippen LogP contribution in [0.15, 0.2) is 18.2 Å². The minimum Gasteiger partial charge on any atom is -0.360 e. The van der Waals surface area contributed by atoms with Crippen molar-refractivity contribution in [2.75, 3.05) is 5.32 Å². The van der Waals surface area contributed by atoms with Crippen LogP contribution in [0.1, 0.15) is 19.4 Å². The number of benzene rings is 1. The van der Waals surface area contributed by atoms with Gasteiger partial charge in [-0.3, -0.25) is 0 Å². The zero-order valence-corrected chi connectivity index (χ0v) is 9.86. The van der Waals surface area contributed by atoms with E-state index in [-0.39, 0.29) is 17.3 Å². The van der Waals surface area contributed by atoms with Gasteiger partial charge in [-0.2, -0.15) is 5.26 Å². The van der Waals surface area contributed by atoms with Crippen LogP contribution >= 0.6 is 12.2 Å². The number of halogens is 1. The fourth-order valence-corrected chi connectivity index (χ4v) is 1.45. The number of hydrogen-bond acceptors (Lipinski definition) is 2. The summed E-state index contributed by atoms with van der Waals surface area (Å²) in [5, 5.41) is 14.6. The highest BCUT2D eigenvalue weighted by Gasteiger charge is 2.05. The van der Waals surface area contributed by atoms with Gasteiger partial charge in [-0.25, -0.2) is 4.39 Å². The van der Waals surface area contributed by atoms with E-state index in [0.29, 0.717) is 5.11 Å². The van der Waals surface area contributed by atoms with Gasteiger partial charge in [0.25, 0.3) is 0 Å². The van der Waals surface area contributed by atoms with Crippen LogP contribution in [0.2, 0.25) is 0 Å². The first-order valence-electron chi connectivity index (χ1n) is 4.80. The van der Waals surface area contributed by atoms with E-state index in [1.807, 2.05) is 19.9 Å². The van der Waals surface area contributed by atoms with Crippen molar-refractivity contribution in [2.45, 2.75) is 19.9 Å². The summed E-state index contributed by atoms with van der Waals surface area (Å²) in [4.78, 5) is 0. The molecule has 0 spiro atoms. The van der Waals surface area contributed by atoms with Crippen LogP contribution in [0, 0.1) is 17.1 Å². The second-order valence-corrected chi connectivity index (χ2v) is 3.97. The van der Waals surface area contributed by atoms with Crippen LogP contribution < -0.4 is 10.6 Å². The summed E-state index contributed by atoms with van der Waals surface area (Å²) < 4.78 is 13.4. The molecule has 0 atom stereocenters. The normalized spacial score (nSPS) is 9.69. The van der Waals surface area contributed by atoms with Gasteiger partial charge < -0.3 is 10.6 Å². The molecule has 0 fully saturated rings. The summed E-state index contributed by atoms with van der Waals surface area (Å²) in [6.07, 6.45) is 0. The molecule has 1 aromatic rings. The molecule has 0 aromatic heterocycles. The summed E-state index contributed by atoms with van der Waals surface area (Å²) in [5.74, 6) is -0.494. The lowest BCUT2D eigenvalue weighted by Crippen LogP contribution is -2.34. The van der Waals surface area contributed by atoms with Gasteiger partial charge in [0, 0.05) is 6.04 Å². The van der Waals surface area contributed by atoms with E-state index in [1.54, 1.807) is 0 Å². The Morgan fingerprint density at radius 2 is 2.19 bits per heavy atom. The van der Waals surface area contributed by atoms with Crippen molar-refractivity contribution >= 4 is 23.0 Å². The Balaban J connectivity index is 2.75. The van der Waals surface area contributed by atoms with Crippen molar-refractivity contribution < 1.29 is 4.39 Å². The van der Waals surface area contributed by atoms with Crippen LogP contribution in [0.3, 0.4) is 0 Å². The molecule has 2 N–H and O–H groups in total. The molecule has 0 radical (unpaired) electrons. The molecule has 0 aliphatic rings. The average molecular weight is 237 g/mol. The Bertz CT molecular complexity index is 437. The smallest absolute Gasteiger partial charge is 0.171 e. The van der Waals surface area contributed by atoms with E-state index in [9.17, 15) is 4.39 Å². The Hall–Kier alpha value is -1.67. The van der Waals surface area contributed by atoms with Crippen LogP contribution in [0.25, 0.3) is 0 Å². The molecule has 0 aliphatic heterocycles. The highest BCUT2D eigenvalue weighted by molar-refractivity contribution is 7.80. The molecule has 0 heterocycles. The van der Waals surface area contributed by atoms with Gasteiger partial charge in [-0.1, -0.05) is 0 Å². The van der Waals surface area contributed by atoms with Gasteiger partial charge in [0.05, 0.1) is 17.3 Å². The number of rotatable bonds is 2. The SMILES string of the molecule is CC(C)NC(=S)Nc1ccc(C#N)cc1F. The standard InChI is InChI=1S/C11H12FN3S/c1-7(2)14-11(16)15-10-4-3-8(6-13)5-9(10)12/h3-5,7H,1-2H3,(H2,14,15,16). The molecule has 84 valence electrons. The van der Waals surface area contributed by atoms with Crippen LogP contribution in [-0.4, -0.2) is 11.2 Å². The van der Waals surface area contributed by atoms with Gasteiger partial charge in [0.15, 0.2) is 5.11 Å². The van der Waals surface area contributed by atoms with Crippen LogP contribution in [0.5, 0.6) is 0 Å². The third-order valence-corrected chi connectivity index (χ3v) is 1.99. The first kappa shape index (κ1) is 12.4. The minimum atomic E-state index is -0.494. The molecular weight excluding hydrogens is 225 g/mol. The zero-order valence-electron chi connectivity index (χ0n) is 9.04. The lowest BCUT2D eigenvalue weighted by Gasteiger charge is -2.13. The van der Waals surface area contributed by atoms with Crippen molar-refractivity contribution in [1.29, 1.82) is 5.26 Å². The van der Waals surface area contributed by atoms with E-state index in [4.69, 9.17) is 17.5 Å². The fraction of sp³-hybridized carbons (Fsp3) is 0.273. The maximum Gasteiger partial charge on any atom is 0.171 e. The molecule has 1 aromatic carbocycles. The fourth-order valence-electron chi connectivity index (χ4n) is 1.11. The quantitative estimate of drug-likeness (QED) is 0.775. The molecule has 1 rings (SSSR count). The van der Waals surface area contributed by atoms with Crippen LogP contribution in [-0.2, 0) is 0 Å². The van der Waals surface area contributed by atoms with Gasteiger partial charge >= 0.3 is 0 Å². The minimum absolute atomic E-state index is 0.182. The third-order valence-electron chi connectivity index (χ3n) is 1.77. The molecule has 0 bridgehead atoms. The Morgan fingerprint density at radius 1 is 1.50 bits per heavy atom.